The molecule has 0 amide bonds. The average Bonchev–Trinajstić information content (AvgIpc) is 3.83. The zero-order valence-corrected chi connectivity index (χ0v) is 29.4. The van der Waals surface area contributed by atoms with Crippen LogP contribution in [0.5, 0.6) is 0 Å². The molecule has 0 fully saturated rings. The highest BCUT2D eigenvalue weighted by Crippen LogP contribution is 2.46. The number of aromatic nitrogens is 3. The van der Waals surface area contributed by atoms with Gasteiger partial charge in [0.2, 0.25) is 0 Å². The molecule has 3 aromatic heterocycles. The number of rotatable bonds is 5. The molecule has 3 heterocycles. The number of hydrogen-bond donors (Lipinski definition) is 0. The summed E-state index contributed by atoms with van der Waals surface area (Å²) in [6, 6.07) is 46.3. The van der Waals surface area contributed by atoms with E-state index in [2.05, 4.69) is 109 Å². The SMILES string of the molecule is C1=CCCC(c2ccc(-c3nc(-c4ccccc4)nc(-c4cccc5oc6c(-c7cccc8c9c(oc78)CCc7ccccc7-9)cccc6c45)n3)cc2)=C1. The second-order valence-electron chi connectivity index (χ2n) is 14.1. The van der Waals surface area contributed by atoms with Gasteiger partial charge in [0.25, 0.3) is 0 Å². The van der Waals surface area contributed by atoms with Crippen molar-refractivity contribution in [2.45, 2.75) is 25.7 Å². The molecule has 0 unspecified atom stereocenters. The Morgan fingerprint density at radius 3 is 1.91 bits per heavy atom. The number of para-hydroxylation sites is 2. The minimum Gasteiger partial charge on any atom is -0.460 e. The van der Waals surface area contributed by atoms with Gasteiger partial charge in [-0.2, -0.15) is 0 Å². The van der Waals surface area contributed by atoms with Crippen LogP contribution >= 0.6 is 0 Å². The molecule has 0 saturated heterocycles. The van der Waals surface area contributed by atoms with Gasteiger partial charge in [0, 0.05) is 56.0 Å². The minimum absolute atomic E-state index is 0.598. The number of hydrogen-bond acceptors (Lipinski definition) is 5. The van der Waals surface area contributed by atoms with Crippen molar-refractivity contribution in [3.05, 3.63) is 169 Å². The van der Waals surface area contributed by atoms with E-state index < -0.39 is 0 Å². The quantitative estimate of drug-likeness (QED) is 0.179. The van der Waals surface area contributed by atoms with Gasteiger partial charge in [-0.1, -0.05) is 146 Å². The van der Waals surface area contributed by atoms with E-state index in [9.17, 15) is 0 Å². The van der Waals surface area contributed by atoms with Gasteiger partial charge in [0.1, 0.15) is 22.5 Å². The van der Waals surface area contributed by atoms with E-state index in [-0.39, 0.29) is 0 Å². The summed E-state index contributed by atoms with van der Waals surface area (Å²) in [5.41, 5.74) is 13.7. The van der Waals surface area contributed by atoms with Crippen molar-refractivity contribution in [3.8, 4) is 56.4 Å². The highest BCUT2D eigenvalue weighted by Gasteiger charge is 2.26. The van der Waals surface area contributed by atoms with E-state index in [1.165, 1.54) is 27.8 Å². The summed E-state index contributed by atoms with van der Waals surface area (Å²) in [5.74, 6) is 2.90. The normalized spacial score (nSPS) is 13.7. The van der Waals surface area contributed by atoms with Crippen LogP contribution in [0.3, 0.4) is 0 Å². The van der Waals surface area contributed by atoms with Crippen LogP contribution in [0.1, 0.15) is 29.7 Å². The fourth-order valence-corrected chi connectivity index (χ4v) is 8.35. The Bertz CT molecular complexity index is 2980. The maximum Gasteiger partial charge on any atom is 0.164 e. The highest BCUT2D eigenvalue weighted by atomic mass is 16.3. The first-order valence-electron chi connectivity index (χ1n) is 18.6. The third kappa shape index (κ3) is 4.96. The second kappa shape index (κ2) is 12.4. The van der Waals surface area contributed by atoms with Gasteiger partial charge in [-0.15, -0.1) is 0 Å². The molecule has 9 aromatic rings. The lowest BCUT2D eigenvalue weighted by Crippen LogP contribution is -2.00. The molecule has 0 atom stereocenters. The number of benzene rings is 6. The molecular formula is C49H33N3O2. The zero-order chi connectivity index (χ0) is 35.6. The fraction of sp³-hybridized carbons (Fsp3) is 0.0816. The summed E-state index contributed by atoms with van der Waals surface area (Å²) in [7, 11) is 0. The van der Waals surface area contributed by atoms with E-state index in [1.54, 1.807) is 0 Å². The Hall–Kier alpha value is -6.85. The van der Waals surface area contributed by atoms with Gasteiger partial charge in [0.05, 0.1) is 0 Å². The van der Waals surface area contributed by atoms with Crippen molar-refractivity contribution < 1.29 is 8.83 Å². The molecule has 5 nitrogen and oxygen atoms in total. The first kappa shape index (κ1) is 30.7. The second-order valence-corrected chi connectivity index (χ2v) is 14.1. The van der Waals surface area contributed by atoms with E-state index in [1.807, 2.05) is 42.5 Å². The molecule has 0 spiro atoms. The average molecular weight is 696 g/mol. The molecule has 0 N–H and O–H groups in total. The summed E-state index contributed by atoms with van der Waals surface area (Å²) in [4.78, 5) is 15.3. The Morgan fingerprint density at radius 1 is 0.463 bits per heavy atom. The molecule has 0 radical (unpaired) electrons. The maximum absolute atomic E-state index is 6.78. The van der Waals surface area contributed by atoms with Gasteiger partial charge in [-0.05, 0) is 47.6 Å². The molecule has 11 rings (SSSR count). The number of allylic oxidation sites excluding steroid dienone is 4. The van der Waals surface area contributed by atoms with Crippen molar-refractivity contribution in [1.82, 2.24) is 15.0 Å². The van der Waals surface area contributed by atoms with Crippen molar-refractivity contribution >= 4 is 38.5 Å². The van der Waals surface area contributed by atoms with Gasteiger partial charge in [0.15, 0.2) is 17.5 Å². The molecule has 2 aliphatic rings. The summed E-state index contributed by atoms with van der Waals surface area (Å²) < 4.78 is 13.5. The van der Waals surface area contributed by atoms with Gasteiger partial charge in [-0.25, -0.2) is 15.0 Å². The standard InChI is InChI=1S/C49H33N3O2/c1-3-12-30(13-4-1)31-24-26-34(27-25-31)48-50-47(33-15-5-2-6-16-33)51-49(52-48)40-22-11-23-41-44(40)39-21-10-19-37(46(39)53-41)36-18-9-20-38-43-35-17-8-7-14-32(35)28-29-42(43)54-45(36)38/h1-3,5-12,14-27H,4,13,28-29H2. The lowest BCUT2D eigenvalue weighted by atomic mass is 9.88. The molecule has 0 aliphatic heterocycles. The lowest BCUT2D eigenvalue weighted by Gasteiger charge is -2.14. The molecular weight excluding hydrogens is 663 g/mol. The van der Waals surface area contributed by atoms with Crippen molar-refractivity contribution in [3.63, 3.8) is 0 Å². The monoisotopic (exact) mass is 695 g/mol. The van der Waals surface area contributed by atoms with Gasteiger partial charge in [-0.3, -0.25) is 0 Å². The highest BCUT2D eigenvalue weighted by molar-refractivity contribution is 6.16. The molecule has 2 aliphatic carbocycles. The Morgan fingerprint density at radius 2 is 1.11 bits per heavy atom. The first-order valence-corrected chi connectivity index (χ1v) is 18.6. The van der Waals surface area contributed by atoms with Crippen LogP contribution in [0.2, 0.25) is 0 Å². The number of aryl methyl sites for hydroxylation is 2. The molecule has 0 bridgehead atoms. The zero-order valence-electron chi connectivity index (χ0n) is 29.4. The third-order valence-electron chi connectivity index (χ3n) is 10.9. The first-order chi connectivity index (χ1) is 26.8. The third-order valence-corrected chi connectivity index (χ3v) is 10.9. The van der Waals surface area contributed by atoms with E-state index in [4.69, 9.17) is 23.8 Å². The molecule has 256 valence electrons. The van der Waals surface area contributed by atoms with Crippen LogP contribution in [0.25, 0.3) is 94.9 Å². The van der Waals surface area contributed by atoms with E-state index in [0.29, 0.717) is 17.5 Å². The smallest absolute Gasteiger partial charge is 0.164 e. The predicted molar refractivity (Wildman–Crippen MR) is 218 cm³/mol. The Kier molecular flexibility index (Phi) is 7.05. The van der Waals surface area contributed by atoms with Crippen molar-refractivity contribution in [2.75, 3.05) is 0 Å². The van der Waals surface area contributed by atoms with Gasteiger partial charge >= 0.3 is 0 Å². The molecule has 0 saturated carbocycles. The lowest BCUT2D eigenvalue weighted by molar-refractivity contribution is 0.546. The van der Waals surface area contributed by atoms with Crippen LogP contribution in [0, 0.1) is 0 Å². The topological polar surface area (TPSA) is 65.0 Å². The van der Waals surface area contributed by atoms with Crippen LogP contribution < -0.4 is 0 Å². The number of furan rings is 2. The number of fused-ring (bicyclic) bond motifs is 8. The van der Waals surface area contributed by atoms with Crippen molar-refractivity contribution in [2.24, 2.45) is 0 Å². The maximum atomic E-state index is 6.78. The summed E-state index contributed by atoms with van der Waals surface area (Å²) >= 11 is 0. The summed E-state index contributed by atoms with van der Waals surface area (Å²) in [5, 5.41) is 3.10. The molecule has 54 heavy (non-hydrogen) atoms. The predicted octanol–water partition coefficient (Wildman–Crippen LogP) is 12.7. The van der Waals surface area contributed by atoms with Crippen LogP contribution in [-0.2, 0) is 12.8 Å². The Labute approximate surface area is 312 Å². The number of nitrogens with zero attached hydrogens (tertiary/aromatic N) is 3. The Balaban J connectivity index is 1.08. The molecule has 5 heteroatoms. The fourth-order valence-electron chi connectivity index (χ4n) is 8.35. The van der Waals surface area contributed by atoms with Crippen molar-refractivity contribution in [1.29, 1.82) is 0 Å². The van der Waals surface area contributed by atoms with E-state index in [0.717, 1.165) is 92.2 Å². The van der Waals surface area contributed by atoms with Crippen LogP contribution in [0.15, 0.2) is 161 Å². The van der Waals surface area contributed by atoms with E-state index >= 15 is 0 Å². The largest absolute Gasteiger partial charge is 0.460 e. The summed E-state index contributed by atoms with van der Waals surface area (Å²) in [6.07, 6.45) is 10.5. The minimum atomic E-state index is 0.598. The van der Waals surface area contributed by atoms with Crippen LogP contribution in [-0.4, -0.2) is 15.0 Å². The molecule has 6 aromatic carbocycles. The summed E-state index contributed by atoms with van der Waals surface area (Å²) in [6.45, 7) is 0. The van der Waals surface area contributed by atoms with Crippen LogP contribution in [0.4, 0.5) is 0 Å². The van der Waals surface area contributed by atoms with Gasteiger partial charge < -0.3 is 8.83 Å².